The van der Waals surface area contributed by atoms with Crippen molar-refractivity contribution in [2.75, 3.05) is 12.8 Å². The first-order valence-electron chi connectivity index (χ1n) is 4.04. The summed E-state index contributed by atoms with van der Waals surface area (Å²) in [6, 6.07) is 3.96. The molecule has 0 saturated carbocycles. The lowest BCUT2D eigenvalue weighted by Crippen LogP contribution is -1.88. The van der Waals surface area contributed by atoms with Crippen molar-refractivity contribution in [1.82, 2.24) is 0 Å². The lowest BCUT2D eigenvalue weighted by molar-refractivity contribution is 0.421. The summed E-state index contributed by atoms with van der Waals surface area (Å²) in [5.41, 5.74) is 7.91. The fraction of sp³-hybridized carbons (Fsp3) is 0.200. The molecule has 0 radical (unpaired) electrons. The van der Waals surface area contributed by atoms with E-state index in [2.05, 4.69) is 6.92 Å². The van der Waals surface area contributed by atoms with Crippen LogP contribution in [0, 0.1) is 6.92 Å². The average molecular weight is 193 g/mol. The van der Waals surface area contributed by atoms with Gasteiger partial charge in [0.1, 0.15) is 5.75 Å². The van der Waals surface area contributed by atoms with Gasteiger partial charge >= 0.3 is 0 Å². The van der Waals surface area contributed by atoms with Gasteiger partial charge in [0.15, 0.2) is 0 Å². The molecule has 0 amide bonds. The predicted octanol–water partition coefficient (Wildman–Crippen LogP) is 2.80. The van der Waals surface area contributed by atoms with Crippen LogP contribution < -0.4 is 10.5 Å². The molecule has 0 aliphatic rings. The first-order chi connectivity index (χ1) is 6.24. The normalized spacial score (nSPS) is 10.6. The molecule has 13 heavy (non-hydrogen) atoms. The standard InChI is InChI=1S/C10H11NOS/c1-6-3-4-7(11)9-8(12-2)5-13-10(6)9/h3-5H,11H2,1-2H3. The molecule has 1 aromatic heterocycles. The van der Waals surface area contributed by atoms with E-state index in [0.29, 0.717) is 0 Å². The minimum absolute atomic E-state index is 0.790. The molecule has 0 spiro atoms. The van der Waals surface area contributed by atoms with Crippen molar-refractivity contribution in [1.29, 1.82) is 0 Å². The molecule has 1 heterocycles. The molecule has 2 N–H and O–H groups in total. The third kappa shape index (κ3) is 1.16. The van der Waals surface area contributed by atoms with Crippen LogP contribution in [0.5, 0.6) is 5.75 Å². The summed E-state index contributed by atoms with van der Waals surface area (Å²) in [5, 5.41) is 3.04. The Morgan fingerprint density at radius 2 is 2.15 bits per heavy atom. The number of thiophene rings is 1. The first-order valence-corrected chi connectivity index (χ1v) is 4.92. The van der Waals surface area contributed by atoms with Crippen LogP contribution in [-0.2, 0) is 0 Å². The van der Waals surface area contributed by atoms with Crippen LogP contribution in [0.2, 0.25) is 0 Å². The molecule has 0 aliphatic heterocycles. The summed E-state index contributed by atoms with van der Waals surface area (Å²) in [7, 11) is 1.67. The summed E-state index contributed by atoms with van der Waals surface area (Å²) in [4.78, 5) is 0. The maximum absolute atomic E-state index is 5.87. The Hall–Kier alpha value is -1.22. The number of hydrogen-bond acceptors (Lipinski definition) is 3. The van der Waals surface area contributed by atoms with Crippen LogP contribution in [0.1, 0.15) is 5.56 Å². The van der Waals surface area contributed by atoms with E-state index in [9.17, 15) is 0 Å². The molecule has 2 nitrogen and oxygen atoms in total. The zero-order chi connectivity index (χ0) is 9.42. The average Bonchev–Trinajstić information content (AvgIpc) is 2.56. The second-order valence-corrected chi connectivity index (χ2v) is 3.86. The Bertz CT molecular complexity index is 447. The minimum atomic E-state index is 0.790. The quantitative estimate of drug-likeness (QED) is 0.707. The number of methoxy groups -OCH3 is 1. The van der Waals surface area contributed by atoms with E-state index < -0.39 is 0 Å². The van der Waals surface area contributed by atoms with Gasteiger partial charge in [-0.15, -0.1) is 11.3 Å². The number of nitrogens with two attached hydrogens (primary N) is 1. The van der Waals surface area contributed by atoms with E-state index in [1.54, 1.807) is 18.4 Å². The molecule has 68 valence electrons. The number of anilines is 1. The predicted molar refractivity (Wildman–Crippen MR) is 57.5 cm³/mol. The van der Waals surface area contributed by atoms with Gasteiger partial charge in [0, 0.05) is 15.8 Å². The van der Waals surface area contributed by atoms with Crippen LogP contribution >= 0.6 is 11.3 Å². The van der Waals surface area contributed by atoms with Crippen LogP contribution in [-0.4, -0.2) is 7.11 Å². The molecule has 0 aliphatic carbocycles. The topological polar surface area (TPSA) is 35.2 Å². The second kappa shape index (κ2) is 2.92. The van der Waals surface area contributed by atoms with E-state index in [1.807, 2.05) is 17.5 Å². The maximum Gasteiger partial charge on any atom is 0.139 e. The van der Waals surface area contributed by atoms with E-state index >= 15 is 0 Å². The van der Waals surface area contributed by atoms with Gasteiger partial charge in [-0.05, 0) is 18.6 Å². The highest BCUT2D eigenvalue weighted by Crippen LogP contribution is 2.37. The van der Waals surface area contributed by atoms with Crippen molar-refractivity contribution in [3.63, 3.8) is 0 Å². The summed E-state index contributed by atoms with van der Waals surface area (Å²) in [6.07, 6.45) is 0. The van der Waals surface area contributed by atoms with Crippen molar-refractivity contribution in [3.8, 4) is 5.75 Å². The van der Waals surface area contributed by atoms with Gasteiger partial charge in [-0.1, -0.05) is 6.07 Å². The molecule has 2 aromatic rings. The monoisotopic (exact) mass is 193 g/mol. The maximum atomic E-state index is 5.87. The number of ether oxygens (including phenoxy) is 1. The van der Waals surface area contributed by atoms with E-state index in [1.165, 1.54) is 10.3 Å². The van der Waals surface area contributed by atoms with E-state index in [-0.39, 0.29) is 0 Å². The zero-order valence-electron chi connectivity index (χ0n) is 7.63. The SMILES string of the molecule is COc1csc2c(C)ccc(N)c12. The lowest BCUT2D eigenvalue weighted by atomic mass is 10.1. The summed E-state index contributed by atoms with van der Waals surface area (Å²) in [6.45, 7) is 2.08. The van der Waals surface area contributed by atoms with Crippen molar-refractivity contribution in [2.45, 2.75) is 6.92 Å². The molecule has 0 fully saturated rings. The Morgan fingerprint density at radius 1 is 1.38 bits per heavy atom. The van der Waals surface area contributed by atoms with Crippen molar-refractivity contribution in [3.05, 3.63) is 23.1 Å². The fourth-order valence-electron chi connectivity index (χ4n) is 1.43. The summed E-state index contributed by atoms with van der Waals surface area (Å²) < 4.78 is 6.45. The van der Waals surface area contributed by atoms with Crippen molar-refractivity contribution < 1.29 is 4.74 Å². The summed E-state index contributed by atoms with van der Waals surface area (Å²) in [5.74, 6) is 0.876. The third-order valence-corrected chi connectivity index (χ3v) is 3.23. The smallest absolute Gasteiger partial charge is 0.139 e. The minimum Gasteiger partial charge on any atom is -0.495 e. The highest BCUT2D eigenvalue weighted by Gasteiger charge is 2.08. The molecule has 0 saturated heterocycles. The Balaban J connectivity index is 2.87. The Morgan fingerprint density at radius 3 is 2.85 bits per heavy atom. The van der Waals surface area contributed by atoms with Gasteiger partial charge < -0.3 is 10.5 Å². The summed E-state index contributed by atoms with van der Waals surface area (Å²) >= 11 is 1.67. The van der Waals surface area contributed by atoms with Gasteiger partial charge in [0.05, 0.1) is 12.5 Å². The second-order valence-electron chi connectivity index (χ2n) is 2.98. The van der Waals surface area contributed by atoms with Crippen LogP contribution in [0.25, 0.3) is 10.1 Å². The van der Waals surface area contributed by atoms with E-state index in [0.717, 1.165) is 16.8 Å². The number of fused-ring (bicyclic) bond motifs is 1. The highest BCUT2D eigenvalue weighted by molar-refractivity contribution is 7.17. The molecule has 1 aromatic carbocycles. The molecule has 3 heteroatoms. The lowest BCUT2D eigenvalue weighted by Gasteiger charge is -2.02. The van der Waals surface area contributed by atoms with Crippen molar-refractivity contribution >= 4 is 27.1 Å². The van der Waals surface area contributed by atoms with Gasteiger partial charge in [0.25, 0.3) is 0 Å². The number of nitrogen functional groups attached to an aromatic ring is 1. The van der Waals surface area contributed by atoms with Gasteiger partial charge in [-0.3, -0.25) is 0 Å². The fourth-order valence-corrected chi connectivity index (χ4v) is 2.46. The first kappa shape index (κ1) is 8.38. The molecule has 0 unspecified atom stereocenters. The molecule has 2 rings (SSSR count). The number of hydrogen-bond donors (Lipinski definition) is 1. The molecule has 0 atom stereocenters. The highest BCUT2D eigenvalue weighted by atomic mass is 32.1. The van der Waals surface area contributed by atoms with Crippen LogP contribution in [0.15, 0.2) is 17.5 Å². The molecular formula is C10H11NOS. The van der Waals surface area contributed by atoms with Crippen LogP contribution in [0.4, 0.5) is 5.69 Å². The van der Waals surface area contributed by atoms with Gasteiger partial charge in [-0.2, -0.15) is 0 Å². The van der Waals surface area contributed by atoms with E-state index in [4.69, 9.17) is 10.5 Å². The largest absolute Gasteiger partial charge is 0.495 e. The molecular weight excluding hydrogens is 182 g/mol. The van der Waals surface area contributed by atoms with Gasteiger partial charge in [-0.25, -0.2) is 0 Å². The Labute approximate surface area is 80.9 Å². The van der Waals surface area contributed by atoms with Crippen molar-refractivity contribution in [2.24, 2.45) is 0 Å². The third-order valence-electron chi connectivity index (χ3n) is 2.14. The Kier molecular flexibility index (Phi) is 1.88. The number of benzene rings is 1. The number of rotatable bonds is 1. The zero-order valence-corrected chi connectivity index (χ0v) is 8.44. The van der Waals surface area contributed by atoms with Crippen LogP contribution in [0.3, 0.4) is 0 Å². The molecule has 0 bridgehead atoms. The van der Waals surface area contributed by atoms with Gasteiger partial charge in [0.2, 0.25) is 0 Å². The number of aryl methyl sites for hydroxylation is 1.